The predicted molar refractivity (Wildman–Crippen MR) is 139 cm³/mol. The maximum Gasteiger partial charge on any atom is 0.257 e. The second-order valence-corrected chi connectivity index (χ2v) is 10.2. The van der Waals surface area contributed by atoms with E-state index in [-0.39, 0.29) is 35.8 Å². The number of anilines is 1. The molecule has 1 aromatic heterocycles. The van der Waals surface area contributed by atoms with Crippen molar-refractivity contribution in [3.05, 3.63) is 53.9 Å². The molecule has 0 spiro atoms. The van der Waals surface area contributed by atoms with Gasteiger partial charge in [0.25, 0.3) is 5.91 Å². The lowest BCUT2D eigenvalue weighted by molar-refractivity contribution is -0.122. The minimum absolute atomic E-state index is 0.0339. The molecule has 1 fully saturated rings. The molecule has 2 amide bonds. The largest absolute Gasteiger partial charge is 0.491 e. The zero-order valence-electron chi connectivity index (χ0n) is 21.8. The van der Waals surface area contributed by atoms with Crippen molar-refractivity contribution in [3.8, 4) is 5.75 Å². The van der Waals surface area contributed by atoms with Crippen LogP contribution in [-0.2, 0) is 16.1 Å². The van der Waals surface area contributed by atoms with Crippen molar-refractivity contribution in [3.63, 3.8) is 0 Å². The molecule has 8 heteroatoms. The number of ether oxygens (including phenoxy) is 2. The number of carbonyl (C=O) groups excluding carboxylic acids is 2. The molecule has 2 heterocycles. The first-order valence-electron chi connectivity index (χ1n) is 12.8. The third-order valence-corrected chi connectivity index (χ3v) is 7.45. The van der Waals surface area contributed by atoms with Gasteiger partial charge in [-0.1, -0.05) is 13.3 Å². The number of hydrogen-bond donors (Lipinski definition) is 1. The highest BCUT2D eigenvalue weighted by molar-refractivity contribution is 5.99. The summed E-state index contributed by atoms with van der Waals surface area (Å²) in [5.41, 5.74) is 2.31. The minimum atomic E-state index is -0.127. The Bertz CT molecular complexity index is 1040. The second-order valence-electron chi connectivity index (χ2n) is 10.2. The number of methoxy groups -OCH3 is 1. The molecule has 0 saturated heterocycles. The highest BCUT2D eigenvalue weighted by atomic mass is 16.5. The fraction of sp³-hybridized carbons (Fsp3) is 0.536. The van der Waals surface area contributed by atoms with Crippen LogP contribution in [0.15, 0.2) is 42.7 Å². The summed E-state index contributed by atoms with van der Waals surface area (Å²) in [5.74, 6) is 0.660. The topological polar surface area (TPSA) is 84.0 Å². The van der Waals surface area contributed by atoms with Gasteiger partial charge in [-0.05, 0) is 55.5 Å². The number of amides is 2. The lowest BCUT2D eigenvalue weighted by atomic mass is 9.85. The fourth-order valence-electron chi connectivity index (χ4n) is 4.78. The van der Waals surface area contributed by atoms with Crippen molar-refractivity contribution in [1.29, 1.82) is 0 Å². The molecule has 1 aliphatic carbocycles. The summed E-state index contributed by atoms with van der Waals surface area (Å²) in [6.07, 6.45) is 6.47. The van der Waals surface area contributed by atoms with Crippen LogP contribution < -0.4 is 10.1 Å². The Morgan fingerprint density at radius 3 is 2.58 bits per heavy atom. The number of carbonyl (C=O) groups is 2. The summed E-state index contributed by atoms with van der Waals surface area (Å²) in [4.78, 5) is 34.1. The van der Waals surface area contributed by atoms with E-state index in [0.29, 0.717) is 30.2 Å². The van der Waals surface area contributed by atoms with E-state index in [9.17, 15) is 9.59 Å². The fourth-order valence-corrected chi connectivity index (χ4v) is 4.78. The van der Waals surface area contributed by atoms with Gasteiger partial charge in [0.05, 0.1) is 11.7 Å². The van der Waals surface area contributed by atoms with E-state index >= 15 is 0 Å². The predicted octanol–water partition coefficient (Wildman–Crippen LogP) is 3.83. The van der Waals surface area contributed by atoms with Gasteiger partial charge in [-0.25, -0.2) is 0 Å². The van der Waals surface area contributed by atoms with Gasteiger partial charge >= 0.3 is 0 Å². The summed E-state index contributed by atoms with van der Waals surface area (Å²) in [7, 11) is 3.50. The Labute approximate surface area is 214 Å². The molecular formula is C28H38N4O4. The monoisotopic (exact) mass is 494 g/mol. The van der Waals surface area contributed by atoms with Gasteiger partial charge in [0.15, 0.2) is 0 Å². The number of likely N-dealkylation sites (N-methyl/N-ethyl adjacent to an activating group) is 1. The maximum absolute atomic E-state index is 13.4. The molecule has 194 valence electrons. The van der Waals surface area contributed by atoms with Crippen LogP contribution in [0.2, 0.25) is 0 Å². The first kappa shape index (κ1) is 26.1. The first-order valence-corrected chi connectivity index (χ1v) is 12.8. The molecule has 2 aromatic rings. The summed E-state index contributed by atoms with van der Waals surface area (Å²) in [6.45, 7) is 6.71. The molecule has 3 atom stereocenters. The number of benzene rings is 1. The summed E-state index contributed by atoms with van der Waals surface area (Å²) in [6, 6.07) is 9.45. The van der Waals surface area contributed by atoms with Crippen molar-refractivity contribution in [2.45, 2.75) is 51.8 Å². The molecule has 36 heavy (non-hydrogen) atoms. The standard InChI is InChI=1S/C28H38N4O4/c1-19-15-32(16-21-10-12-29-13-11-21)20(2)18-36-25-14-23(30-27(33)22-6-5-7-22)8-9-24(25)28(34)31(3)17-26(19)35-4/h8-14,19-20,22,26H,5-7,15-18H2,1-4H3,(H,30,33)/t19-,20-,26-/m0/s1. The normalized spacial score (nSPS) is 24.1. The summed E-state index contributed by atoms with van der Waals surface area (Å²) >= 11 is 0. The van der Waals surface area contributed by atoms with Gasteiger partial charge in [0.2, 0.25) is 5.91 Å². The zero-order chi connectivity index (χ0) is 25.7. The molecule has 8 nitrogen and oxygen atoms in total. The van der Waals surface area contributed by atoms with E-state index in [4.69, 9.17) is 9.47 Å². The van der Waals surface area contributed by atoms with Crippen LogP contribution in [-0.4, -0.2) is 72.6 Å². The van der Waals surface area contributed by atoms with E-state index in [0.717, 1.165) is 32.4 Å². The van der Waals surface area contributed by atoms with Gasteiger partial charge in [0, 0.05) is 69.9 Å². The molecule has 1 saturated carbocycles. The van der Waals surface area contributed by atoms with Crippen LogP contribution in [0.4, 0.5) is 5.69 Å². The van der Waals surface area contributed by atoms with Crippen molar-refractivity contribution in [2.24, 2.45) is 11.8 Å². The molecule has 4 rings (SSSR count). The van der Waals surface area contributed by atoms with Crippen molar-refractivity contribution in [2.75, 3.05) is 39.2 Å². The zero-order valence-corrected chi connectivity index (χ0v) is 21.8. The smallest absolute Gasteiger partial charge is 0.257 e. The van der Waals surface area contributed by atoms with E-state index in [1.54, 1.807) is 37.3 Å². The molecular weight excluding hydrogens is 456 g/mol. The molecule has 0 radical (unpaired) electrons. The first-order chi connectivity index (χ1) is 17.4. The quantitative estimate of drug-likeness (QED) is 0.680. The number of hydrogen-bond acceptors (Lipinski definition) is 6. The summed E-state index contributed by atoms with van der Waals surface area (Å²) in [5, 5.41) is 3.00. The van der Waals surface area contributed by atoms with Gasteiger partial charge in [-0.2, -0.15) is 0 Å². The average molecular weight is 495 g/mol. The van der Waals surface area contributed by atoms with E-state index in [1.807, 2.05) is 24.5 Å². The molecule has 0 bridgehead atoms. The van der Waals surface area contributed by atoms with E-state index < -0.39 is 0 Å². The van der Waals surface area contributed by atoms with Crippen LogP contribution in [0.25, 0.3) is 0 Å². The van der Waals surface area contributed by atoms with Gasteiger partial charge in [0.1, 0.15) is 12.4 Å². The van der Waals surface area contributed by atoms with Crippen LogP contribution in [0.3, 0.4) is 0 Å². The van der Waals surface area contributed by atoms with Crippen molar-refractivity contribution < 1.29 is 19.1 Å². The number of fused-ring (bicyclic) bond motifs is 1. The lowest BCUT2D eigenvalue weighted by Gasteiger charge is -2.36. The molecule has 0 unspecified atom stereocenters. The van der Waals surface area contributed by atoms with Gasteiger partial charge in [-0.15, -0.1) is 0 Å². The van der Waals surface area contributed by atoms with Gasteiger partial charge in [-0.3, -0.25) is 19.5 Å². The number of pyridine rings is 1. The Hall–Kier alpha value is -2.97. The Morgan fingerprint density at radius 1 is 1.17 bits per heavy atom. The molecule has 1 aromatic carbocycles. The highest BCUT2D eigenvalue weighted by Gasteiger charge is 2.29. The number of nitrogens with zero attached hydrogens (tertiary/aromatic N) is 3. The third kappa shape index (κ3) is 6.23. The SMILES string of the molecule is CO[C@H]1CN(C)C(=O)c2ccc(NC(=O)C3CCC3)cc2OC[C@H](C)N(Cc2ccncc2)C[C@@H]1C. The number of nitrogens with one attached hydrogen (secondary N) is 1. The highest BCUT2D eigenvalue weighted by Crippen LogP contribution is 2.30. The molecule has 1 N–H and O–H groups in total. The maximum atomic E-state index is 13.4. The Kier molecular flexibility index (Phi) is 8.59. The van der Waals surface area contributed by atoms with Crippen LogP contribution in [0.1, 0.15) is 49.0 Å². The van der Waals surface area contributed by atoms with Gasteiger partial charge < -0.3 is 19.7 Å². The van der Waals surface area contributed by atoms with Crippen molar-refractivity contribution >= 4 is 17.5 Å². The Balaban J connectivity index is 1.61. The van der Waals surface area contributed by atoms with Crippen LogP contribution in [0.5, 0.6) is 5.75 Å². The Morgan fingerprint density at radius 2 is 1.92 bits per heavy atom. The van der Waals surface area contributed by atoms with E-state index in [1.165, 1.54) is 5.56 Å². The third-order valence-electron chi connectivity index (χ3n) is 7.45. The van der Waals surface area contributed by atoms with Crippen LogP contribution in [0, 0.1) is 11.8 Å². The second kappa shape index (κ2) is 11.8. The lowest BCUT2D eigenvalue weighted by Crippen LogP contribution is -2.46. The average Bonchev–Trinajstić information content (AvgIpc) is 2.83. The molecule has 2 aliphatic rings. The number of aromatic nitrogens is 1. The summed E-state index contributed by atoms with van der Waals surface area (Å²) < 4.78 is 12.1. The number of rotatable bonds is 5. The van der Waals surface area contributed by atoms with E-state index in [2.05, 4.69) is 29.0 Å². The van der Waals surface area contributed by atoms with Crippen molar-refractivity contribution in [1.82, 2.24) is 14.8 Å². The van der Waals surface area contributed by atoms with Crippen LogP contribution >= 0.6 is 0 Å². The molecule has 1 aliphatic heterocycles. The minimum Gasteiger partial charge on any atom is -0.491 e.